The third kappa shape index (κ3) is 2.94. The fraction of sp³-hybridized carbons (Fsp3) is 0.208. The van der Waals surface area contributed by atoms with Gasteiger partial charge in [0.1, 0.15) is 0 Å². The average Bonchev–Trinajstić information content (AvgIpc) is 2.90. The van der Waals surface area contributed by atoms with Crippen LogP contribution in [-0.4, -0.2) is 5.91 Å². The van der Waals surface area contributed by atoms with Gasteiger partial charge in [0.15, 0.2) is 0 Å². The fourth-order valence-corrected chi connectivity index (χ4v) is 4.24. The van der Waals surface area contributed by atoms with Crippen LogP contribution < -0.4 is 4.90 Å². The monoisotopic (exact) mass is 375 g/mol. The largest absolute Gasteiger partial charge is 0.300 e. The number of benzene rings is 3. The number of hydrogen-bond donors (Lipinski definition) is 0. The molecule has 0 fully saturated rings. The van der Waals surface area contributed by atoms with Gasteiger partial charge in [-0.2, -0.15) is 0 Å². The van der Waals surface area contributed by atoms with Crippen molar-refractivity contribution in [1.82, 2.24) is 0 Å². The highest BCUT2D eigenvalue weighted by Gasteiger charge is 2.47. The second-order valence-corrected chi connectivity index (χ2v) is 8.17. The summed E-state index contributed by atoms with van der Waals surface area (Å²) < 4.78 is 0. The Kier molecular flexibility index (Phi) is 4.32. The number of aryl methyl sites for hydroxylation is 1. The van der Waals surface area contributed by atoms with Gasteiger partial charge >= 0.3 is 0 Å². The van der Waals surface area contributed by atoms with Crippen LogP contribution in [0, 0.1) is 6.92 Å². The van der Waals surface area contributed by atoms with Crippen LogP contribution in [0.3, 0.4) is 0 Å². The topological polar surface area (TPSA) is 20.3 Å². The number of carbonyl (C=O) groups excluding carboxylic acids is 1. The third-order valence-corrected chi connectivity index (χ3v) is 5.75. The van der Waals surface area contributed by atoms with E-state index in [0.717, 1.165) is 11.3 Å². The van der Waals surface area contributed by atoms with Gasteiger partial charge in [0.2, 0.25) is 0 Å². The van der Waals surface area contributed by atoms with Gasteiger partial charge in [0.25, 0.3) is 5.91 Å². The van der Waals surface area contributed by atoms with Crippen molar-refractivity contribution in [3.05, 3.63) is 100 Å². The summed E-state index contributed by atoms with van der Waals surface area (Å²) in [5.41, 5.74) is 4.97. The number of fused-ring (bicyclic) bond motifs is 1. The van der Waals surface area contributed by atoms with Gasteiger partial charge in [-0.1, -0.05) is 73.5 Å². The molecule has 1 atom stereocenters. The zero-order valence-corrected chi connectivity index (χ0v) is 16.5. The van der Waals surface area contributed by atoms with Crippen LogP contribution in [0.1, 0.15) is 46.9 Å². The number of hydrogen-bond acceptors (Lipinski definition) is 1. The maximum atomic E-state index is 13.5. The molecule has 2 nitrogen and oxygen atoms in total. The minimum absolute atomic E-state index is 0.00438. The molecule has 1 unspecified atom stereocenters. The first-order valence-electron chi connectivity index (χ1n) is 9.15. The number of anilines is 1. The highest BCUT2D eigenvalue weighted by atomic mass is 35.5. The minimum atomic E-state index is -0.200. The van der Waals surface area contributed by atoms with E-state index in [9.17, 15) is 4.79 Å². The molecule has 0 aromatic heterocycles. The van der Waals surface area contributed by atoms with Gasteiger partial charge in [-0.05, 0) is 48.4 Å². The van der Waals surface area contributed by atoms with E-state index in [-0.39, 0.29) is 17.4 Å². The maximum Gasteiger partial charge on any atom is 0.258 e. The molecule has 0 saturated heterocycles. The average molecular weight is 376 g/mol. The SMILES string of the molecule is Cc1ccc(C2N(C(=O)c3ccc(Cl)cc3)c3ccccc3C2(C)C)cc1. The summed E-state index contributed by atoms with van der Waals surface area (Å²) in [4.78, 5) is 15.5. The van der Waals surface area contributed by atoms with Crippen molar-refractivity contribution in [1.29, 1.82) is 0 Å². The standard InChI is InChI=1S/C24H22ClNO/c1-16-8-10-17(11-9-16)22-24(2,3)20-6-4-5-7-21(20)26(22)23(27)18-12-14-19(25)15-13-18/h4-15,22H,1-3H3. The predicted octanol–water partition coefficient (Wildman–Crippen LogP) is 6.33. The summed E-state index contributed by atoms with van der Waals surface area (Å²) in [6, 6.07) is 23.8. The van der Waals surface area contributed by atoms with Gasteiger partial charge in [-0.3, -0.25) is 9.69 Å². The van der Waals surface area contributed by atoms with E-state index < -0.39 is 0 Å². The Hall–Kier alpha value is -2.58. The number of halogens is 1. The Balaban J connectivity index is 1.88. The quantitative estimate of drug-likeness (QED) is 0.512. The van der Waals surface area contributed by atoms with Crippen LogP contribution >= 0.6 is 11.6 Å². The molecule has 4 rings (SSSR count). The van der Waals surface area contributed by atoms with Crippen LogP contribution in [-0.2, 0) is 5.41 Å². The van der Waals surface area contributed by atoms with Gasteiger partial charge in [-0.15, -0.1) is 0 Å². The molecule has 1 heterocycles. The zero-order valence-electron chi connectivity index (χ0n) is 15.7. The molecule has 0 aliphatic carbocycles. The lowest BCUT2D eigenvalue weighted by atomic mass is 9.77. The molecule has 1 aliphatic heterocycles. The van der Waals surface area contributed by atoms with E-state index in [4.69, 9.17) is 11.6 Å². The Morgan fingerprint density at radius 2 is 1.56 bits per heavy atom. The number of nitrogens with zero attached hydrogens (tertiary/aromatic N) is 1. The molecule has 0 radical (unpaired) electrons. The molecule has 3 aromatic rings. The maximum absolute atomic E-state index is 13.5. The van der Waals surface area contributed by atoms with Crippen molar-refractivity contribution in [3.8, 4) is 0 Å². The van der Waals surface area contributed by atoms with Gasteiger partial charge in [-0.25, -0.2) is 0 Å². The second-order valence-electron chi connectivity index (χ2n) is 7.73. The fourth-order valence-electron chi connectivity index (χ4n) is 4.11. The molecule has 3 aromatic carbocycles. The molecule has 1 amide bonds. The first kappa shape index (κ1) is 17.8. The van der Waals surface area contributed by atoms with E-state index in [0.29, 0.717) is 10.6 Å². The molecule has 0 N–H and O–H groups in total. The van der Waals surface area contributed by atoms with Crippen molar-refractivity contribution >= 4 is 23.2 Å². The summed E-state index contributed by atoms with van der Waals surface area (Å²) in [7, 11) is 0. The van der Waals surface area contributed by atoms with Crippen molar-refractivity contribution < 1.29 is 4.79 Å². The summed E-state index contributed by atoms with van der Waals surface area (Å²) in [6.45, 7) is 6.51. The number of carbonyl (C=O) groups is 1. The third-order valence-electron chi connectivity index (χ3n) is 5.50. The molecule has 1 aliphatic rings. The molecular weight excluding hydrogens is 354 g/mol. The van der Waals surface area contributed by atoms with E-state index in [1.807, 2.05) is 23.1 Å². The first-order valence-corrected chi connectivity index (χ1v) is 9.52. The Morgan fingerprint density at radius 1 is 0.926 bits per heavy atom. The van der Waals surface area contributed by atoms with E-state index >= 15 is 0 Å². The zero-order chi connectivity index (χ0) is 19.2. The van der Waals surface area contributed by atoms with Gasteiger partial charge < -0.3 is 0 Å². The number of amides is 1. The van der Waals surface area contributed by atoms with Crippen molar-refractivity contribution in [3.63, 3.8) is 0 Å². The molecule has 0 spiro atoms. The van der Waals surface area contributed by atoms with Gasteiger partial charge in [0.05, 0.1) is 6.04 Å². The smallest absolute Gasteiger partial charge is 0.258 e. The Labute approximate surface area is 165 Å². The van der Waals surface area contributed by atoms with E-state index in [1.165, 1.54) is 11.1 Å². The summed E-state index contributed by atoms with van der Waals surface area (Å²) >= 11 is 6.02. The highest BCUT2D eigenvalue weighted by molar-refractivity contribution is 6.30. The Bertz CT molecular complexity index is 990. The van der Waals surface area contributed by atoms with Crippen molar-refractivity contribution in [2.24, 2.45) is 0 Å². The van der Waals surface area contributed by atoms with Crippen LogP contribution in [0.2, 0.25) is 5.02 Å². The van der Waals surface area contributed by atoms with Crippen LogP contribution in [0.25, 0.3) is 0 Å². The van der Waals surface area contributed by atoms with E-state index in [2.05, 4.69) is 51.1 Å². The van der Waals surface area contributed by atoms with Gasteiger partial charge in [0, 0.05) is 21.7 Å². The first-order chi connectivity index (χ1) is 12.9. The lowest BCUT2D eigenvalue weighted by Crippen LogP contribution is -2.38. The highest BCUT2D eigenvalue weighted by Crippen LogP contribution is 2.53. The minimum Gasteiger partial charge on any atom is -0.300 e. The second kappa shape index (κ2) is 6.54. The molecule has 27 heavy (non-hydrogen) atoms. The molecule has 3 heteroatoms. The summed E-state index contributed by atoms with van der Waals surface area (Å²) in [6.07, 6.45) is 0. The number of rotatable bonds is 2. The normalized spacial score (nSPS) is 17.6. The molecule has 0 saturated carbocycles. The Morgan fingerprint density at radius 3 is 2.22 bits per heavy atom. The van der Waals surface area contributed by atoms with Crippen molar-refractivity contribution in [2.75, 3.05) is 4.90 Å². The van der Waals surface area contributed by atoms with Crippen LogP contribution in [0.5, 0.6) is 0 Å². The lowest BCUT2D eigenvalue weighted by Gasteiger charge is -2.34. The molecular formula is C24H22ClNO. The number of para-hydroxylation sites is 1. The molecule has 0 bridgehead atoms. The van der Waals surface area contributed by atoms with E-state index in [1.54, 1.807) is 24.3 Å². The summed E-state index contributed by atoms with van der Waals surface area (Å²) in [5.74, 6) is -0.00438. The molecule has 136 valence electrons. The summed E-state index contributed by atoms with van der Waals surface area (Å²) in [5, 5.41) is 0.629. The van der Waals surface area contributed by atoms with Crippen LogP contribution in [0.15, 0.2) is 72.8 Å². The lowest BCUT2D eigenvalue weighted by molar-refractivity contribution is 0.0971. The predicted molar refractivity (Wildman–Crippen MR) is 112 cm³/mol. The van der Waals surface area contributed by atoms with Crippen molar-refractivity contribution in [2.45, 2.75) is 32.2 Å². The van der Waals surface area contributed by atoms with Crippen LogP contribution in [0.4, 0.5) is 5.69 Å².